The molecule has 2 N–H and O–H groups in total. The van der Waals surface area contributed by atoms with Gasteiger partial charge in [-0.3, -0.25) is 4.79 Å². The molecule has 1 heterocycles. The van der Waals surface area contributed by atoms with Crippen LogP contribution >= 0.6 is 0 Å². The van der Waals surface area contributed by atoms with E-state index >= 15 is 0 Å². The monoisotopic (exact) mass is 256 g/mol. The van der Waals surface area contributed by atoms with Crippen molar-refractivity contribution in [1.82, 2.24) is 4.90 Å². The van der Waals surface area contributed by atoms with Crippen molar-refractivity contribution >= 4 is 12.0 Å². The van der Waals surface area contributed by atoms with Gasteiger partial charge in [0.05, 0.1) is 12.5 Å². The summed E-state index contributed by atoms with van der Waals surface area (Å²) in [6.07, 6.45) is 2.54. The molecule has 0 radical (unpaired) electrons. The van der Waals surface area contributed by atoms with Crippen molar-refractivity contribution in [2.75, 3.05) is 19.7 Å². The average molecular weight is 256 g/mol. The number of carbonyl (C=O) groups is 2. The molecule has 0 unspecified atom stereocenters. The summed E-state index contributed by atoms with van der Waals surface area (Å²) in [5, 5.41) is 0. The number of carbonyl (C=O) groups excluding carboxylic acids is 2. The van der Waals surface area contributed by atoms with Crippen LogP contribution in [0.1, 0.15) is 40.0 Å². The predicted octanol–water partition coefficient (Wildman–Crippen LogP) is 1.76. The van der Waals surface area contributed by atoms with Crippen LogP contribution in [-0.4, -0.2) is 36.6 Å². The molecule has 18 heavy (non-hydrogen) atoms. The molecule has 5 nitrogen and oxygen atoms in total. The summed E-state index contributed by atoms with van der Waals surface area (Å²) in [5.41, 5.74) is 5.24. The number of primary amides is 1. The first-order valence-electron chi connectivity index (χ1n) is 6.57. The highest BCUT2D eigenvalue weighted by atomic mass is 16.5. The highest BCUT2D eigenvalue weighted by Crippen LogP contribution is 2.22. The second kappa shape index (κ2) is 6.07. The molecule has 1 fully saturated rings. The van der Waals surface area contributed by atoms with Crippen LogP contribution in [-0.2, 0) is 9.53 Å². The van der Waals surface area contributed by atoms with Gasteiger partial charge in [-0.25, -0.2) is 4.79 Å². The summed E-state index contributed by atoms with van der Waals surface area (Å²) in [6.45, 7) is 7.66. The third-order valence-corrected chi connectivity index (χ3v) is 3.63. The Morgan fingerprint density at radius 1 is 1.44 bits per heavy atom. The second-order valence-electron chi connectivity index (χ2n) is 5.75. The molecular formula is C13H24N2O3. The van der Waals surface area contributed by atoms with Gasteiger partial charge in [-0.2, -0.15) is 0 Å². The molecule has 1 aliphatic heterocycles. The number of urea groups is 1. The molecular weight excluding hydrogens is 232 g/mol. The first-order valence-corrected chi connectivity index (χ1v) is 6.57. The zero-order valence-corrected chi connectivity index (χ0v) is 11.6. The Morgan fingerprint density at radius 3 is 2.67 bits per heavy atom. The van der Waals surface area contributed by atoms with E-state index < -0.39 is 6.03 Å². The largest absolute Gasteiger partial charge is 0.465 e. The standard InChI is InChI=1S/C13H24N2O3/c1-4-13(2,3)9-18-11(16)10-6-5-7-15(8-10)12(14)17/h10H,4-9H2,1-3H3,(H2,14,17)/t10-/m1/s1. The summed E-state index contributed by atoms with van der Waals surface area (Å²) < 4.78 is 5.35. The van der Waals surface area contributed by atoms with E-state index in [-0.39, 0.29) is 17.3 Å². The Kier molecular flexibility index (Phi) is 4.99. The van der Waals surface area contributed by atoms with Crippen LogP contribution in [0.4, 0.5) is 4.79 Å². The lowest BCUT2D eigenvalue weighted by Gasteiger charge is -2.31. The lowest BCUT2D eigenvalue weighted by Crippen LogP contribution is -2.45. The van der Waals surface area contributed by atoms with Crippen LogP contribution in [0.3, 0.4) is 0 Å². The van der Waals surface area contributed by atoms with E-state index in [9.17, 15) is 9.59 Å². The third kappa shape index (κ3) is 4.20. The van der Waals surface area contributed by atoms with E-state index in [0.29, 0.717) is 19.7 Å². The lowest BCUT2D eigenvalue weighted by atomic mass is 9.91. The van der Waals surface area contributed by atoms with E-state index in [2.05, 4.69) is 20.8 Å². The minimum atomic E-state index is -0.457. The number of piperidine rings is 1. The molecule has 1 rings (SSSR count). The molecule has 0 aromatic carbocycles. The molecule has 104 valence electrons. The molecule has 1 aliphatic rings. The van der Waals surface area contributed by atoms with Crippen molar-refractivity contribution in [2.45, 2.75) is 40.0 Å². The van der Waals surface area contributed by atoms with Crippen LogP contribution in [0.25, 0.3) is 0 Å². The fourth-order valence-corrected chi connectivity index (χ4v) is 1.86. The quantitative estimate of drug-likeness (QED) is 0.779. The van der Waals surface area contributed by atoms with Gasteiger partial charge >= 0.3 is 12.0 Å². The highest BCUT2D eigenvalue weighted by Gasteiger charge is 2.29. The number of nitrogens with zero attached hydrogens (tertiary/aromatic N) is 1. The summed E-state index contributed by atoms with van der Waals surface area (Å²) in [4.78, 5) is 24.5. The molecule has 2 amide bonds. The van der Waals surface area contributed by atoms with Gasteiger partial charge < -0.3 is 15.4 Å². The van der Waals surface area contributed by atoms with Crippen LogP contribution in [0.15, 0.2) is 0 Å². The number of nitrogens with two attached hydrogens (primary N) is 1. The molecule has 0 bridgehead atoms. The number of ether oxygens (including phenoxy) is 1. The van der Waals surface area contributed by atoms with Crippen molar-refractivity contribution in [2.24, 2.45) is 17.1 Å². The number of rotatable bonds is 4. The first kappa shape index (κ1) is 14.8. The van der Waals surface area contributed by atoms with Gasteiger partial charge in [0, 0.05) is 13.1 Å². The van der Waals surface area contributed by atoms with E-state index in [1.165, 1.54) is 4.90 Å². The van der Waals surface area contributed by atoms with Crippen LogP contribution in [0.5, 0.6) is 0 Å². The molecule has 0 aromatic rings. The Hall–Kier alpha value is -1.26. The van der Waals surface area contributed by atoms with Gasteiger partial charge in [0.1, 0.15) is 0 Å². The van der Waals surface area contributed by atoms with E-state index in [0.717, 1.165) is 19.3 Å². The molecule has 0 spiro atoms. The molecule has 5 heteroatoms. The summed E-state index contributed by atoms with van der Waals surface area (Å²) in [6, 6.07) is -0.457. The molecule has 0 aliphatic carbocycles. The number of hydrogen-bond donors (Lipinski definition) is 1. The Morgan fingerprint density at radius 2 is 2.11 bits per heavy atom. The normalized spacial score (nSPS) is 20.6. The minimum absolute atomic E-state index is 0.00764. The van der Waals surface area contributed by atoms with E-state index in [1.54, 1.807) is 0 Å². The maximum atomic E-state index is 11.9. The topological polar surface area (TPSA) is 72.6 Å². The number of likely N-dealkylation sites (tertiary alicyclic amines) is 1. The predicted molar refractivity (Wildman–Crippen MR) is 68.9 cm³/mol. The van der Waals surface area contributed by atoms with Gasteiger partial charge in [-0.1, -0.05) is 20.8 Å². The van der Waals surface area contributed by atoms with Gasteiger partial charge in [-0.05, 0) is 24.7 Å². The highest BCUT2D eigenvalue weighted by molar-refractivity contribution is 5.76. The maximum absolute atomic E-state index is 11.9. The third-order valence-electron chi connectivity index (χ3n) is 3.63. The van der Waals surface area contributed by atoms with E-state index in [4.69, 9.17) is 10.5 Å². The summed E-state index contributed by atoms with van der Waals surface area (Å²) in [5.74, 6) is -0.429. The zero-order valence-electron chi connectivity index (χ0n) is 11.6. The van der Waals surface area contributed by atoms with Gasteiger partial charge in [-0.15, -0.1) is 0 Å². The lowest BCUT2D eigenvalue weighted by molar-refractivity contribution is -0.153. The maximum Gasteiger partial charge on any atom is 0.314 e. The van der Waals surface area contributed by atoms with Crippen molar-refractivity contribution in [3.8, 4) is 0 Å². The second-order valence-corrected chi connectivity index (χ2v) is 5.75. The van der Waals surface area contributed by atoms with Crippen molar-refractivity contribution in [1.29, 1.82) is 0 Å². The zero-order chi connectivity index (χ0) is 13.8. The smallest absolute Gasteiger partial charge is 0.314 e. The van der Waals surface area contributed by atoms with Gasteiger partial charge in [0.25, 0.3) is 0 Å². The summed E-state index contributed by atoms with van der Waals surface area (Å²) >= 11 is 0. The van der Waals surface area contributed by atoms with Crippen LogP contribution in [0.2, 0.25) is 0 Å². The fourth-order valence-electron chi connectivity index (χ4n) is 1.86. The molecule has 1 saturated heterocycles. The Labute approximate surface area is 109 Å². The molecule has 0 saturated carbocycles. The van der Waals surface area contributed by atoms with Gasteiger partial charge in [0.15, 0.2) is 0 Å². The Bertz CT molecular complexity index is 315. The van der Waals surface area contributed by atoms with Crippen molar-refractivity contribution in [3.05, 3.63) is 0 Å². The SMILES string of the molecule is CCC(C)(C)COC(=O)[C@@H]1CCCN(C(N)=O)C1. The van der Waals surface area contributed by atoms with Crippen molar-refractivity contribution in [3.63, 3.8) is 0 Å². The number of amides is 2. The van der Waals surface area contributed by atoms with Crippen molar-refractivity contribution < 1.29 is 14.3 Å². The number of esters is 1. The summed E-state index contributed by atoms with van der Waals surface area (Å²) in [7, 11) is 0. The minimum Gasteiger partial charge on any atom is -0.465 e. The number of hydrogen-bond acceptors (Lipinski definition) is 3. The molecule has 0 aromatic heterocycles. The van der Waals surface area contributed by atoms with Crippen LogP contribution < -0.4 is 5.73 Å². The van der Waals surface area contributed by atoms with Gasteiger partial charge in [0.2, 0.25) is 0 Å². The average Bonchev–Trinajstić information content (AvgIpc) is 2.36. The van der Waals surface area contributed by atoms with E-state index in [1.807, 2.05) is 0 Å². The van der Waals surface area contributed by atoms with Crippen LogP contribution in [0, 0.1) is 11.3 Å². The fraction of sp³-hybridized carbons (Fsp3) is 0.846. The Balaban J connectivity index is 2.44. The molecule has 1 atom stereocenters. The first-order chi connectivity index (χ1) is 8.35.